The lowest BCUT2D eigenvalue weighted by Gasteiger charge is -2.30. The fourth-order valence-corrected chi connectivity index (χ4v) is 4.63. The number of thiazole rings is 1. The molecule has 3 aromatic rings. The van der Waals surface area contributed by atoms with Crippen LogP contribution in [0.2, 0.25) is 0 Å². The summed E-state index contributed by atoms with van der Waals surface area (Å²) in [5.41, 5.74) is 2.96. The number of hydrogen-bond donors (Lipinski definition) is 1. The average molecular weight is 385 g/mol. The second-order valence-corrected chi connectivity index (χ2v) is 7.60. The van der Waals surface area contributed by atoms with Gasteiger partial charge in [-0.15, -0.1) is 11.3 Å². The minimum Gasteiger partial charge on any atom is -0.479 e. The number of aromatic nitrogens is 2. The molecule has 1 aliphatic heterocycles. The first-order valence-corrected chi connectivity index (χ1v) is 9.47. The molecule has 1 aliphatic rings. The van der Waals surface area contributed by atoms with E-state index in [0.717, 1.165) is 22.6 Å². The standard InChI is InChI=1S/C19H19N3O4S/c1-5-14-16(22-15(18(24)25)9(2)20-19(22)27-14)11-6-7-13-12(8-11)21(4)17(23)10(3)26-13/h6-8,10H,5H2,1-4H3,(H,24,25). The number of hydrogen-bond acceptors (Lipinski definition) is 5. The number of aryl methyl sites for hydroxylation is 2. The summed E-state index contributed by atoms with van der Waals surface area (Å²) >= 11 is 1.49. The van der Waals surface area contributed by atoms with Crippen molar-refractivity contribution in [2.75, 3.05) is 11.9 Å². The molecular formula is C19H19N3O4S. The topological polar surface area (TPSA) is 84.1 Å². The zero-order valence-corrected chi connectivity index (χ0v) is 16.3. The predicted octanol–water partition coefficient (Wildman–Crippen LogP) is 3.38. The molecule has 1 aromatic carbocycles. The molecule has 1 atom stereocenters. The van der Waals surface area contributed by atoms with Crippen molar-refractivity contribution in [2.24, 2.45) is 0 Å². The van der Waals surface area contributed by atoms with Gasteiger partial charge in [0, 0.05) is 17.5 Å². The van der Waals surface area contributed by atoms with E-state index in [2.05, 4.69) is 4.98 Å². The van der Waals surface area contributed by atoms with Crippen molar-refractivity contribution in [1.29, 1.82) is 0 Å². The number of carbonyl (C=O) groups is 2. The van der Waals surface area contributed by atoms with Gasteiger partial charge < -0.3 is 14.7 Å². The van der Waals surface area contributed by atoms with Gasteiger partial charge in [-0.2, -0.15) is 0 Å². The van der Waals surface area contributed by atoms with Crippen molar-refractivity contribution in [3.63, 3.8) is 0 Å². The summed E-state index contributed by atoms with van der Waals surface area (Å²) < 4.78 is 7.40. The Hall–Kier alpha value is -2.87. The lowest BCUT2D eigenvalue weighted by atomic mass is 10.1. The lowest BCUT2D eigenvalue weighted by molar-refractivity contribution is -0.125. The zero-order valence-electron chi connectivity index (χ0n) is 15.4. The van der Waals surface area contributed by atoms with E-state index in [-0.39, 0.29) is 11.6 Å². The van der Waals surface area contributed by atoms with Crippen molar-refractivity contribution in [1.82, 2.24) is 9.38 Å². The maximum atomic E-state index is 12.3. The smallest absolute Gasteiger partial charge is 0.354 e. The number of carbonyl (C=O) groups excluding carboxylic acids is 1. The second-order valence-electron chi connectivity index (χ2n) is 6.54. The molecule has 8 heteroatoms. The highest BCUT2D eigenvalue weighted by Crippen LogP contribution is 2.40. The van der Waals surface area contributed by atoms with Crippen LogP contribution in [-0.2, 0) is 11.2 Å². The molecule has 1 N–H and O–H groups in total. The number of anilines is 1. The number of imidazole rings is 1. The minimum absolute atomic E-state index is 0.115. The van der Waals surface area contributed by atoms with Crippen LogP contribution in [-0.4, -0.2) is 39.5 Å². The molecular weight excluding hydrogens is 366 g/mol. The van der Waals surface area contributed by atoms with Crippen LogP contribution in [0.25, 0.3) is 16.2 Å². The summed E-state index contributed by atoms with van der Waals surface area (Å²) in [4.78, 5) is 31.8. The van der Waals surface area contributed by atoms with Crippen molar-refractivity contribution < 1.29 is 19.4 Å². The summed E-state index contributed by atoms with van der Waals surface area (Å²) in [5.74, 6) is -0.488. The predicted molar refractivity (Wildman–Crippen MR) is 103 cm³/mol. The van der Waals surface area contributed by atoms with Crippen molar-refractivity contribution in [2.45, 2.75) is 33.3 Å². The third-order valence-electron chi connectivity index (χ3n) is 4.82. The van der Waals surface area contributed by atoms with Gasteiger partial charge in [0.1, 0.15) is 5.75 Å². The maximum Gasteiger partial charge on any atom is 0.354 e. The average Bonchev–Trinajstić information content (AvgIpc) is 3.13. The molecule has 0 aliphatic carbocycles. The van der Waals surface area contributed by atoms with E-state index in [0.29, 0.717) is 22.1 Å². The van der Waals surface area contributed by atoms with Gasteiger partial charge in [-0.1, -0.05) is 6.92 Å². The number of aromatic carboxylic acids is 1. The first-order valence-electron chi connectivity index (χ1n) is 8.66. The van der Waals surface area contributed by atoms with Gasteiger partial charge in [-0.25, -0.2) is 9.78 Å². The Balaban J connectivity index is 1.98. The SMILES string of the molecule is CCc1sc2nc(C)c(C(=O)O)n2c1-c1ccc2c(c1)N(C)C(=O)C(C)O2. The van der Waals surface area contributed by atoms with Crippen molar-refractivity contribution >= 4 is 33.9 Å². The highest BCUT2D eigenvalue weighted by atomic mass is 32.1. The van der Waals surface area contributed by atoms with Crippen LogP contribution in [0, 0.1) is 6.92 Å². The number of rotatable bonds is 3. The van der Waals surface area contributed by atoms with Crippen LogP contribution in [0.5, 0.6) is 5.75 Å². The van der Waals surface area contributed by atoms with Gasteiger partial charge in [-0.05, 0) is 38.5 Å². The molecule has 0 bridgehead atoms. The third-order valence-corrected chi connectivity index (χ3v) is 6.01. The first kappa shape index (κ1) is 17.5. The number of carboxylic acids is 1. The van der Waals surface area contributed by atoms with Crippen LogP contribution in [0.4, 0.5) is 5.69 Å². The molecule has 0 fully saturated rings. The molecule has 3 heterocycles. The summed E-state index contributed by atoms with van der Waals surface area (Å²) in [6, 6.07) is 5.61. The van der Waals surface area contributed by atoms with Gasteiger partial charge in [0.2, 0.25) is 0 Å². The van der Waals surface area contributed by atoms with Gasteiger partial charge in [0.25, 0.3) is 5.91 Å². The zero-order chi connectivity index (χ0) is 19.5. The Kier molecular flexibility index (Phi) is 3.96. The Morgan fingerprint density at radius 1 is 1.41 bits per heavy atom. The molecule has 140 valence electrons. The van der Waals surface area contributed by atoms with E-state index < -0.39 is 12.1 Å². The fourth-order valence-electron chi connectivity index (χ4n) is 3.50. The van der Waals surface area contributed by atoms with E-state index in [9.17, 15) is 14.7 Å². The van der Waals surface area contributed by atoms with E-state index in [4.69, 9.17) is 4.74 Å². The molecule has 1 unspecified atom stereocenters. The number of nitrogens with zero attached hydrogens (tertiary/aromatic N) is 3. The molecule has 0 radical (unpaired) electrons. The normalized spacial score (nSPS) is 16.5. The van der Waals surface area contributed by atoms with Crippen LogP contribution >= 0.6 is 11.3 Å². The number of likely N-dealkylation sites (N-methyl/N-ethyl adjacent to an activating group) is 1. The number of amides is 1. The molecule has 4 rings (SSSR count). The van der Waals surface area contributed by atoms with Gasteiger partial charge in [0.15, 0.2) is 16.8 Å². The molecule has 2 aromatic heterocycles. The molecule has 0 saturated heterocycles. The molecule has 0 spiro atoms. The van der Waals surface area contributed by atoms with Crippen LogP contribution in [0.15, 0.2) is 18.2 Å². The molecule has 27 heavy (non-hydrogen) atoms. The lowest BCUT2D eigenvalue weighted by Crippen LogP contribution is -2.41. The minimum atomic E-state index is -1.01. The summed E-state index contributed by atoms with van der Waals surface area (Å²) in [6.07, 6.45) is 0.225. The number of fused-ring (bicyclic) bond motifs is 2. The van der Waals surface area contributed by atoms with Gasteiger partial charge >= 0.3 is 5.97 Å². The summed E-state index contributed by atoms with van der Waals surface area (Å²) in [7, 11) is 1.72. The number of ether oxygens (including phenoxy) is 1. The van der Waals surface area contributed by atoms with Crippen LogP contribution in [0.3, 0.4) is 0 Å². The second kappa shape index (κ2) is 6.09. The quantitative estimate of drug-likeness (QED) is 0.747. The van der Waals surface area contributed by atoms with Gasteiger partial charge in [0.05, 0.1) is 17.1 Å². The number of benzene rings is 1. The maximum absolute atomic E-state index is 12.3. The van der Waals surface area contributed by atoms with E-state index in [1.54, 1.807) is 30.2 Å². The summed E-state index contributed by atoms with van der Waals surface area (Å²) in [5, 5.41) is 9.67. The molecule has 0 saturated carbocycles. The van der Waals surface area contributed by atoms with Crippen molar-refractivity contribution in [3.05, 3.63) is 34.5 Å². The van der Waals surface area contributed by atoms with Crippen LogP contribution < -0.4 is 9.64 Å². The number of carboxylic acid groups (broad SMARTS) is 1. The van der Waals surface area contributed by atoms with E-state index in [1.165, 1.54) is 11.3 Å². The Labute approximate surface area is 159 Å². The van der Waals surface area contributed by atoms with Crippen molar-refractivity contribution in [3.8, 4) is 17.0 Å². The molecule has 1 amide bonds. The van der Waals surface area contributed by atoms with Gasteiger partial charge in [-0.3, -0.25) is 9.20 Å². The Morgan fingerprint density at radius 3 is 2.81 bits per heavy atom. The third kappa shape index (κ3) is 2.51. The summed E-state index contributed by atoms with van der Waals surface area (Å²) in [6.45, 7) is 5.45. The van der Waals surface area contributed by atoms with Crippen LogP contribution in [0.1, 0.15) is 34.9 Å². The first-order chi connectivity index (χ1) is 12.8. The largest absolute Gasteiger partial charge is 0.479 e. The molecule has 7 nitrogen and oxygen atoms in total. The van der Waals surface area contributed by atoms with E-state index >= 15 is 0 Å². The monoisotopic (exact) mass is 385 g/mol. The fraction of sp³-hybridized carbons (Fsp3) is 0.316. The Bertz CT molecular complexity index is 1100. The highest BCUT2D eigenvalue weighted by molar-refractivity contribution is 7.17. The van der Waals surface area contributed by atoms with E-state index in [1.807, 2.05) is 25.1 Å². The highest BCUT2D eigenvalue weighted by Gasteiger charge is 2.30. The Morgan fingerprint density at radius 2 is 2.15 bits per heavy atom.